The van der Waals surface area contributed by atoms with Crippen molar-refractivity contribution in [3.8, 4) is 0 Å². The van der Waals surface area contributed by atoms with Gasteiger partial charge in [-0.05, 0) is 18.5 Å². The molecule has 0 amide bonds. The molecule has 5 nitrogen and oxygen atoms in total. The van der Waals surface area contributed by atoms with Crippen LogP contribution in [0.3, 0.4) is 0 Å². The maximum atomic E-state index is 12.1. The number of halogens is 3. The Bertz CT molecular complexity index is 528. The molecule has 0 bridgehead atoms. The maximum Gasteiger partial charge on any atom is 0.450 e. The molecule has 0 aliphatic rings. The molecule has 2 unspecified atom stereocenters. The number of ketones is 2. The predicted octanol–water partition coefficient (Wildman–Crippen LogP) is 1.13. The van der Waals surface area contributed by atoms with Gasteiger partial charge in [0, 0.05) is 5.56 Å². The van der Waals surface area contributed by atoms with E-state index in [9.17, 15) is 33.0 Å². The van der Waals surface area contributed by atoms with Crippen LogP contribution in [0.1, 0.15) is 34.9 Å². The summed E-state index contributed by atoms with van der Waals surface area (Å²) in [4.78, 5) is 22.3. The van der Waals surface area contributed by atoms with E-state index in [0.29, 0.717) is 5.56 Å². The molecule has 22 heavy (non-hydrogen) atoms. The first-order chi connectivity index (χ1) is 10.2. The van der Waals surface area contributed by atoms with Crippen LogP contribution in [0, 0.1) is 0 Å². The van der Waals surface area contributed by atoms with Crippen molar-refractivity contribution in [3.63, 3.8) is 0 Å². The van der Waals surface area contributed by atoms with Gasteiger partial charge in [0.15, 0.2) is 5.78 Å². The number of Topliss-reactive ketones (excluding diaryl/α,β-unsaturated/α-hetero) is 2. The van der Waals surface area contributed by atoms with Crippen LogP contribution in [0.15, 0.2) is 24.3 Å². The third-order valence-corrected chi connectivity index (χ3v) is 3.04. The lowest BCUT2D eigenvalue weighted by atomic mass is 9.98. The molecule has 0 aliphatic heterocycles. The lowest BCUT2D eigenvalue weighted by molar-refractivity contribution is -0.170. The first-order valence-electron chi connectivity index (χ1n) is 6.46. The van der Waals surface area contributed by atoms with Gasteiger partial charge in [-0.1, -0.05) is 24.3 Å². The number of aliphatic hydroxyl groups is 2. The van der Waals surface area contributed by atoms with Gasteiger partial charge in [0.2, 0.25) is 5.78 Å². The summed E-state index contributed by atoms with van der Waals surface area (Å²) in [5, 5.41) is 19.4. The highest BCUT2D eigenvalue weighted by Gasteiger charge is 2.39. The Hall–Kier alpha value is -1.77. The van der Waals surface area contributed by atoms with Crippen molar-refractivity contribution in [2.24, 2.45) is 5.73 Å². The van der Waals surface area contributed by atoms with Gasteiger partial charge in [-0.3, -0.25) is 9.59 Å². The van der Waals surface area contributed by atoms with Crippen molar-refractivity contribution in [2.45, 2.75) is 31.2 Å². The summed E-state index contributed by atoms with van der Waals surface area (Å²) in [5.41, 5.74) is 5.46. The van der Waals surface area contributed by atoms with Crippen molar-refractivity contribution in [2.75, 3.05) is 6.54 Å². The number of hydrogen-bond acceptors (Lipinski definition) is 5. The van der Waals surface area contributed by atoms with Crippen molar-refractivity contribution in [3.05, 3.63) is 35.4 Å². The Morgan fingerprint density at radius 1 is 1.14 bits per heavy atom. The maximum absolute atomic E-state index is 12.1. The lowest BCUT2D eigenvalue weighted by Gasteiger charge is -2.17. The van der Waals surface area contributed by atoms with E-state index in [2.05, 4.69) is 0 Å². The smallest absolute Gasteiger partial charge is 0.390 e. The van der Waals surface area contributed by atoms with Crippen molar-refractivity contribution in [1.29, 1.82) is 0 Å². The molecule has 1 rings (SSSR count). The van der Waals surface area contributed by atoms with E-state index < -0.39 is 36.4 Å². The number of hydrogen-bond donors (Lipinski definition) is 3. The van der Waals surface area contributed by atoms with Crippen LogP contribution in [-0.4, -0.2) is 40.6 Å². The lowest BCUT2D eigenvalue weighted by Crippen LogP contribution is -2.25. The zero-order valence-electron chi connectivity index (χ0n) is 11.5. The minimum Gasteiger partial charge on any atom is -0.390 e. The molecule has 122 valence electrons. The van der Waals surface area contributed by atoms with Crippen LogP contribution in [0.25, 0.3) is 0 Å². The normalized spacial score (nSPS) is 14.5. The SMILES string of the molecule is NCCC(O)C(O)c1ccc(C(=O)CC(=O)C(F)(F)F)cc1. The molecule has 0 radical (unpaired) electrons. The van der Waals surface area contributed by atoms with E-state index in [1.54, 1.807) is 0 Å². The van der Waals surface area contributed by atoms with Gasteiger partial charge < -0.3 is 15.9 Å². The topological polar surface area (TPSA) is 101 Å². The van der Waals surface area contributed by atoms with Crippen LogP contribution in [-0.2, 0) is 4.79 Å². The average Bonchev–Trinajstić information content (AvgIpc) is 2.45. The van der Waals surface area contributed by atoms with Gasteiger partial charge in [-0.25, -0.2) is 0 Å². The largest absolute Gasteiger partial charge is 0.450 e. The molecule has 0 saturated heterocycles. The fraction of sp³-hybridized carbons (Fsp3) is 0.429. The minimum absolute atomic E-state index is 0.0816. The van der Waals surface area contributed by atoms with Crippen LogP contribution in [0.5, 0.6) is 0 Å². The summed E-state index contributed by atoms with van der Waals surface area (Å²) in [6.45, 7) is 0.175. The first kappa shape index (κ1) is 18.3. The van der Waals surface area contributed by atoms with Gasteiger partial charge in [-0.15, -0.1) is 0 Å². The third kappa shape index (κ3) is 4.90. The molecule has 2 atom stereocenters. The highest BCUT2D eigenvalue weighted by molar-refractivity contribution is 6.09. The Balaban J connectivity index is 2.76. The molecule has 0 fully saturated rings. The number of nitrogens with two attached hydrogens (primary N) is 1. The Morgan fingerprint density at radius 3 is 2.14 bits per heavy atom. The Morgan fingerprint density at radius 2 is 1.68 bits per heavy atom. The highest BCUT2D eigenvalue weighted by atomic mass is 19.4. The van der Waals surface area contributed by atoms with E-state index in [-0.39, 0.29) is 18.5 Å². The molecule has 0 aromatic heterocycles. The van der Waals surface area contributed by atoms with Crippen LogP contribution < -0.4 is 5.73 Å². The molecule has 0 spiro atoms. The van der Waals surface area contributed by atoms with Gasteiger partial charge in [0.25, 0.3) is 0 Å². The monoisotopic (exact) mass is 319 g/mol. The second-order valence-corrected chi connectivity index (χ2v) is 4.73. The summed E-state index contributed by atoms with van der Waals surface area (Å²) in [5.74, 6) is -3.08. The van der Waals surface area contributed by atoms with Gasteiger partial charge in [-0.2, -0.15) is 13.2 Å². The fourth-order valence-electron chi connectivity index (χ4n) is 1.77. The zero-order valence-corrected chi connectivity index (χ0v) is 11.5. The molecule has 0 heterocycles. The summed E-state index contributed by atoms with van der Waals surface area (Å²) in [6.07, 6.45) is -8.44. The third-order valence-electron chi connectivity index (χ3n) is 3.04. The number of carbonyl (C=O) groups is 2. The predicted molar refractivity (Wildman–Crippen MR) is 71.1 cm³/mol. The fourth-order valence-corrected chi connectivity index (χ4v) is 1.77. The van der Waals surface area contributed by atoms with Crippen molar-refractivity contribution in [1.82, 2.24) is 0 Å². The summed E-state index contributed by atoms with van der Waals surface area (Å²) >= 11 is 0. The molecule has 0 aliphatic carbocycles. The number of aliphatic hydroxyl groups excluding tert-OH is 2. The minimum atomic E-state index is -5.04. The van der Waals surface area contributed by atoms with E-state index in [0.717, 1.165) is 0 Å². The Kier molecular flexibility index (Phi) is 6.21. The molecule has 1 aromatic rings. The van der Waals surface area contributed by atoms with Gasteiger partial charge in [0.05, 0.1) is 12.5 Å². The standard InChI is InChI=1S/C14H16F3NO4/c15-14(16,17)12(21)7-11(20)8-1-3-9(4-2-8)13(22)10(19)5-6-18/h1-4,10,13,19,22H,5-7,18H2. The summed E-state index contributed by atoms with van der Waals surface area (Å²) in [7, 11) is 0. The summed E-state index contributed by atoms with van der Waals surface area (Å²) < 4.78 is 36.3. The average molecular weight is 319 g/mol. The van der Waals surface area contributed by atoms with Crippen molar-refractivity contribution < 1.29 is 33.0 Å². The van der Waals surface area contributed by atoms with Crippen LogP contribution in [0.2, 0.25) is 0 Å². The molecule has 4 N–H and O–H groups in total. The van der Waals surface area contributed by atoms with Crippen LogP contribution in [0.4, 0.5) is 13.2 Å². The van der Waals surface area contributed by atoms with Gasteiger partial charge in [0.1, 0.15) is 6.10 Å². The second kappa shape index (κ2) is 7.48. The summed E-state index contributed by atoms with van der Waals surface area (Å²) in [6, 6.07) is 4.99. The Labute approximate surface area is 124 Å². The number of alkyl halides is 3. The molecule has 8 heteroatoms. The van der Waals surface area contributed by atoms with Crippen molar-refractivity contribution >= 4 is 11.6 Å². The molecular formula is C14H16F3NO4. The van der Waals surface area contributed by atoms with E-state index in [4.69, 9.17) is 5.73 Å². The van der Waals surface area contributed by atoms with Gasteiger partial charge >= 0.3 is 6.18 Å². The van der Waals surface area contributed by atoms with E-state index in [1.165, 1.54) is 24.3 Å². The quantitative estimate of drug-likeness (QED) is 0.517. The first-order valence-corrected chi connectivity index (χ1v) is 6.46. The molecule has 0 saturated carbocycles. The van der Waals surface area contributed by atoms with E-state index in [1.807, 2.05) is 0 Å². The van der Waals surface area contributed by atoms with Crippen LogP contribution >= 0.6 is 0 Å². The number of carbonyl (C=O) groups excluding carboxylic acids is 2. The molecular weight excluding hydrogens is 303 g/mol. The number of rotatable bonds is 7. The number of benzene rings is 1. The second-order valence-electron chi connectivity index (χ2n) is 4.73. The highest BCUT2D eigenvalue weighted by Crippen LogP contribution is 2.22. The zero-order chi connectivity index (χ0) is 16.9. The molecule has 1 aromatic carbocycles. The van der Waals surface area contributed by atoms with E-state index >= 15 is 0 Å².